The number of carbonyl (C=O) groups is 1. The lowest BCUT2D eigenvalue weighted by Gasteiger charge is -2.32. The van der Waals surface area contributed by atoms with E-state index in [9.17, 15) is 13.2 Å². The van der Waals surface area contributed by atoms with Crippen LogP contribution in [0.3, 0.4) is 0 Å². The van der Waals surface area contributed by atoms with Crippen molar-refractivity contribution in [1.82, 2.24) is 0 Å². The summed E-state index contributed by atoms with van der Waals surface area (Å²) < 4.78 is 40.4. The molecule has 0 aromatic carbocycles. The molecule has 23 heavy (non-hydrogen) atoms. The largest absolute Gasteiger partial charge is 0.456 e. The maximum atomic E-state index is 12.7. The molecule has 0 N–H and O–H groups in total. The van der Waals surface area contributed by atoms with Crippen LogP contribution in [0.4, 0.5) is 0 Å². The highest BCUT2D eigenvalue weighted by atomic mass is 32.2. The molecule has 5 fully saturated rings. The predicted molar refractivity (Wildman–Crippen MR) is 78.8 cm³/mol. The van der Waals surface area contributed by atoms with E-state index in [0.29, 0.717) is 30.1 Å². The van der Waals surface area contributed by atoms with Crippen LogP contribution in [0.25, 0.3) is 0 Å². The number of rotatable bonds is 2. The zero-order valence-corrected chi connectivity index (χ0v) is 14.1. The summed E-state index contributed by atoms with van der Waals surface area (Å²) in [6.07, 6.45) is 0.420. The van der Waals surface area contributed by atoms with Gasteiger partial charge >= 0.3 is 5.97 Å². The molecule has 128 valence electrons. The van der Waals surface area contributed by atoms with Gasteiger partial charge in [0.05, 0.1) is 12.0 Å². The quantitative estimate of drug-likeness (QED) is 0.552. The molecule has 3 aliphatic heterocycles. The van der Waals surface area contributed by atoms with Gasteiger partial charge in [0, 0.05) is 0 Å². The molecule has 2 aliphatic carbocycles. The van der Waals surface area contributed by atoms with Gasteiger partial charge in [-0.05, 0) is 42.9 Å². The van der Waals surface area contributed by atoms with Crippen LogP contribution in [0.1, 0.15) is 33.1 Å². The van der Waals surface area contributed by atoms with E-state index in [1.807, 2.05) is 0 Å². The second kappa shape index (κ2) is 4.49. The predicted octanol–water partition coefficient (Wildman–Crippen LogP) is 1.09. The standard InChI is InChI=1S/C16H22O6S/c1-6-7(2)9-3-8(6)4-10(9)16(17)21-13-11-5-12-14(20-11)15(13)22-23(12,18)19/h6-15H,3-5H2,1-2H3. The smallest absolute Gasteiger partial charge is 0.309 e. The van der Waals surface area contributed by atoms with E-state index >= 15 is 0 Å². The Morgan fingerprint density at radius 1 is 1.09 bits per heavy atom. The Morgan fingerprint density at radius 3 is 2.57 bits per heavy atom. The molecule has 7 heteroatoms. The number of esters is 1. The highest BCUT2D eigenvalue weighted by Crippen LogP contribution is 2.56. The molecular formula is C16H22O6S. The molecule has 2 saturated carbocycles. The first kappa shape index (κ1) is 14.7. The molecule has 0 radical (unpaired) electrons. The summed E-state index contributed by atoms with van der Waals surface area (Å²) in [6.45, 7) is 4.50. The van der Waals surface area contributed by atoms with Crippen molar-refractivity contribution in [3.63, 3.8) is 0 Å². The molecule has 4 bridgehead atoms. The average Bonchev–Trinajstić information content (AvgIpc) is 3.23. The molecule has 0 aromatic rings. The maximum absolute atomic E-state index is 12.7. The second-order valence-electron chi connectivity index (χ2n) is 8.09. The Bertz CT molecular complexity index is 657. The molecule has 0 aromatic heterocycles. The second-order valence-corrected chi connectivity index (χ2v) is 9.87. The molecule has 10 atom stereocenters. The average molecular weight is 342 g/mol. The summed E-state index contributed by atoms with van der Waals surface area (Å²) in [5, 5.41) is -0.573. The molecule has 3 saturated heterocycles. The Hall–Kier alpha value is -0.660. The zero-order chi connectivity index (χ0) is 16.1. The third kappa shape index (κ3) is 1.81. The molecule has 3 heterocycles. The van der Waals surface area contributed by atoms with E-state index in [1.54, 1.807) is 0 Å². The van der Waals surface area contributed by atoms with Gasteiger partial charge in [0.1, 0.15) is 17.5 Å². The number of carbonyl (C=O) groups excluding carboxylic acids is 1. The Kier molecular flexibility index (Phi) is 2.86. The zero-order valence-electron chi connectivity index (χ0n) is 13.3. The first-order valence-corrected chi connectivity index (χ1v) is 10.1. The van der Waals surface area contributed by atoms with Gasteiger partial charge in [0.25, 0.3) is 10.1 Å². The fourth-order valence-electron chi connectivity index (χ4n) is 5.80. The molecule has 0 amide bonds. The first-order chi connectivity index (χ1) is 10.9. The van der Waals surface area contributed by atoms with Gasteiger partial charge in [0.2, 0.25) is 0 Å². The monoisotopic (exact) mass is 342 g/mol. The third-order valence-corrected chi connectivity index (χ3v) is 8.94. The minimum absolute atomic E-state index is 0.0425. The first-order valence-electron chi connectivity index (χ1n) is 8.65. The number of hydrogen-bond acceptors (Lipinski definition) is 6. The fourth-order valence-corrected chi connectivity index (χ4v) is 7.45. The molecular weight excluding hydrogens is 320 g/mol. The van der Waals surface area contributed by atoms with Crippen molar-refractivity contribution < 1.29 is 26.9 Å². The summed E-state index contributed by atoms with van der Waals surface area (Å²) in [6, 6.07) is 0. The topological polar surface area (TPSA) is 78.9 Å². The van der Waals surface area contributed by atoms with Gasteiger partial charge < -0.3 is 9.47 Å². The van der Waals surface area contributed by atoms with Crippen LogP contribution in [0.5, 0.6) is 0 Å². The normalized spacial score (nSPS) is 58.0. The third-order valence-electron chi connectivity index (χ3n) is 7.24. The van der Waals surface area contributed by atoms with Crippen molar-refractivity contribution in [3.8, 4) is 0 Å². The Balaban J connectivity index is 1.32. The van der Waals surface area contributed by atoms with Crippen LogP contribution >= 0.6 is 0 Å². The fraction of sp³-hybridized carbons (Fsp3) is 0.938. The van der Waals surface area contributed by atoms with Crippen molar-refractivity contribution in [3.05, 3.63) is 0 Å². The Morgan fingerprint density at radius 2 is 1.87 bits per heavy atom. The summed E-state index contributed by atoms with van der Waals surface area (Å²) in [4.78, 5) is 12.7. The highest BCUT2D eigenvalue weighted by Gasteiger charge is 2.67. The van der Waals surface area contributed by atoms with Crippen LogP contribution in [0.15, 0.2) is 0 Å². The van der Waals surface area contributed by atoms with Gasteiger partial charge in [-0.3, -0.25) is 8.98 Å². The van der Waals surface area contributed by atoms with Crippen molar-refractivity contribution in [2.75, 3.05) is 0 Å². The van der Waals surface area contributed by atoms with E-state index in [-0.39, 0.29) is 18.0 Å². The lowest BCUT2D eigenvalue weighted by Crippen LogP contribution is -2.43. The van der Waals surface area contributed by atoms with Crippen molar-refractivity contribution in [1.29, 1.82) is 0 Å². The minimum atomic E-state index is -3.56. The van der Waals surface area contributed by atoms with Gasteiger partial charge in [0.15, 0.2) is 6.10 Å². The molecule has 0 spiro atoms. The van der Waals surface area contributed by atoms with E-state index in [1.165, 1.54) is 0 Å². The molecule has 5 aliphatic rings. The van der Waals surface area contributed by atoms with Crippen molar-refractivity contribution in [2.24, 2.45) is 29.6 Å². The lowest BCUT2D eigenvalue weighted by molar-refractivity contribution is -0.162. The van der Waals surface area contributed by atoms with Crippen LogP contribution < -0.4 is 0 Å². The van der Waals surface area contributed by atoms with Gasteiger partial charge in [-0.25, -0.2) is 0 Å². The van der Waals surface area contributed by atoms with Crippen molar-refractivity contribution >= 4 is 16.1 Å². The van der Waals surface area contributed by atoms with Gasteiger partial charge in [-0.2, -0.15) is 8.42 Å². The SMILES string of the molecule is CC1C2CC(C(=O)OC3C4CC5C(O4)C3OS5(=O)=O)C(C2)C1C. The summed E-state index contributed by atoms with van der Waals surface area (Å²) in [7, 11) is -3.56. The molecule has 10 unspecified atom stereocenters. The van der Waals surface area contributed by atoms with Crippen LogP contribution in [0, 0.1) is 29.6 Å². The summed E-state index contributed by atoms with van der Waals surface area (Å²) >= 11 is 0. The van der Waals surface area contributed by atoms with E-state index in [0.717, 1.165) is 12.8 Å². The van der Waals surface area contributed by atoms with Crippen molar-refractivity contribution in [2.45, 2.75) is 62.8 Å². The number of fused-ring (bicyclic) bond motifs is 3. The van der Waals surface area contributed by atoms with E-state index < -0.39 is 33.7 Å². The molecule has 5 rings (SSSR count). The van der Waals surface area contributed by atoms with Gasteiger partial charge in [-0.15, -0.1) is 0 Å². The van der Waals surface area contributed by atoms with E-state index in [2.05, 4.69) is 13.8 Å². The van der Waals surface area contributed by atoms with Crippen LogP contribution in [-0.4, -0.2) is 44.1 Å². The van der Waals surface area contributed by atoms with Crippen LogP contribution in [0.2, 0.25) is 0 Å². The lowest BCUT2D eigenvalue weighted by atomic mass is 9.76. The maximum Gasteiger partial charge on any atom is 0.309 e. The number of ether oxygens (including phenoxy) is 2. The van der Waals surface area contributed by atoms with Crippen LogP contribution in [-0.2, 0) is 28.6 Å². The Labute approximate surface area is 136 Å². The summed E-state index contributed by atoms with van der Waals surface area (Å²) in [5.74, 6) is 2.04. The summed E-state index contributed by atoms with van der Waals surface area (Å²) in [5.41, 5.74) is 0. The van der Waals surface area contributed by atoms with E-state index in [4.69, 9.17) is 13.7 Å². The van der Waals surface area contributed by atoms with Gasteiger partial charge in [-0.1, -0.05) is 13.8 Å². The molecule has 6 nitrogen and oxygen atoms in total. The highest BCUT2D eigenvalue weighted by molar-refractivity contribution is 7.87. The number of hydrogen-bond donors (Lipinski definition) is 0. The minimum Gasteiger partial charge on any atom is -0.456 e.